The van der Waals surface area contributed by atoms with Crippen LogP contribution in [0.5, 0.6) is 5.75 Å². The van der Waals surface area contributed by atoms with Gasteiger partial charge in [-0.15, -0.1) is 0 Å². The van der Waals surface area contributed by atoms with Crippen molar-refractivity contribution in [2.45, 2.75) is 32.6 Å². The molecule has 2 aromatic rings. The number of aliphatic hydroxyl groups is 1. The highest BCUT2D eigenvalue weighted by Gasteiger charge is 2.19. The smallest absolute Gasteiger partial charge is 0.157 e. The van der Waals surface area contributed by atoms with Crippen LogP contribution in [0.1, 0.15) is 22.3 Å². The molecule has 0 radical (unpaired) electrons. The molecule has 0 heterocycles. The van der Waals surface area contributed by atoms with Gasteiger partial charge in [-0.3, -0.25) is 0 Å². The van der Waals surface area contributed by atoms with Crippen molar-refractivity contribution in [1.82, 2.24) is 0 Å². The van der Waals surface area contributed by atoms with Crippen LogP contribution in [-0.4, -0.2) is 32.0 Å². The van der Waals surface area contributed by atoms with Crippen LogP contribution in [0.3, 0.4) is 0 Å². The van der Waals surface area contributed by atoms with Gasteiger partial charge in [-0.05, 0) is 38.0 Å². The normalized spacial score (nSPS) is 12.8. The largest absolute Gasteiger partial charge is 0.491 e. The molecule has 0 amide bonds. The molecule has 0 saturated heterocycles. The van der Waals surface area contributed by atoms with E-state index in [-0.39, 0.29) is 18.1 Å². The molecule has 0 aliphatic rings. The molecule has 0 aliphatic heterocycles. The number of ether oxygens (including phenoxy) is 1. The third-order valence-corrected chi connectivity index (χ3v) is 5.34. The number of aryl methyl sites for hydroxylation is 3. The van der Waals surface area contributed by atoms with E-state index in [9.17, 15) is 13.5 Å². The molecule has 24 heavy (non-hydrogen) atoms. The molecule has 2 rings (SSSR count). The average Bonchev–Trinajstić information content (AvgIpc) is 2.45. The lowest BCUT2D eigenvalue weighted by atomic mass is 10.1. The SMILES string of the molecule is Cc1cccc(CS(=O)(=O)CC(O)COc2ccc(C)cc2C)c1. The van der Waals surface area contributed by atoms with Crippen molar-refractivity contribution >= 4 is 9.84 Å². The molecule has 0 aliphatic carbocycles. The highest BCUT2D eigenvalue weighted by molar-refractivity contribution is 7.90. The lowest BCUT2D eigenvalue weighted by Crippen LogP contribution is -2.28. The van der Waals surface area contributed by atoms with Crippen molar-refractivity contribution in [3.63, 3.8) is 0 Å². The van der Waals surface area contributed by atoms with E-state index in [1.165, 1.54) is 0 Å². The molecule has 4 nitrogen and oxygen atoms in total. The monoisotopic (exact) mass is 348 g/mol. The summed E-state index contributed by atoms with van der Waals surface area (Å²) in [6.45, 7) is 5.78. The molecule has 1 atom stereocenters. The first-order valence-electron chi connectivity index (χ1n) is 7.89. The molecule has 5 heteroatoms. The third kappa shape index (κ3) is 5.65. The molecular formula is C19H24O4S. The average molecular weight is 348 g/mol. The zero-order valence-electron chi connectivity index (χ0n) is 14.3. The fourth-order valence-electron chi connectivity index (χ4n) is 2.60. The number of sulfone groups is 1. The molecule has 2 aromatic carbocycles. The van der Waals surface area contributed by atoms with Gasteiger partial charge in [0.15, 0.2) is 9.84 Å². The molecule has 0 spiro atoms. The van der Waals surface area contributed by atoms with Crippen LogP contribution in [0.15, 0.2) is 42.5 Å². The Bertz CT molecular complexity index is 797. The predicted molar refractivity (Wildman–Crippen MR) is 96.1 cm³/mol. The minimum Gasteiger partial charge on any atom is -0.491 e. The summed E-state index contributed by atoms with van der Waals surface area (Å²) >= 11 is 0. The number of rotatable bonds is 7. The Morgan fingerprint density at radius 3 is 2.42 bits per heavy atom. The summed E-state index contributed by atoms with van der Waals surface area (Å²) in [4.78, 5) is 0. The Morgan fingerprint density at radius 2 is 1.75 bits per heavy atom. The van der Waals surface area contributed by atoms with Crippen molar-refractivity contribution in [2.24, 2.45) is 0 Å². The molecule has 130 valence electrons. The lowest BCUT2D eigenvalue weighted by Gasteiger charge is -2.14. The Morgan fingerprint density at radius 1 is 1.04 bits per heavy atom. The summed E-state index contributed by atoms with van der Waals surface area (Å²) in [5.41, 5.74) is 3.84. The second-order valence-electron chi connectivity index (χ2n) is 6.28. The Balaban J connectivity index is 1.92. The van der Waals surface area contributed by atoms with Crippen LogP contribution in [-0.2, 0) is 15.6 Å². The first-order valence-corrected chi connectivity index (χ1v) is 9.71. The Hall–Kier alpha value is -1.85. The molecule has 0 saturated carbocycles. The van der Waals surface area contributed by atoms with E-state index in [4.69, 9.17) is 4.74 Å². The zero-order chi connectivity index (χ0) is 17.7. The standard InChI is InChI=1S/C19H24O4S/c1-14-5-4-6-17(10-14)12-24(21,22)13-18(20)11-23-19-8-7-15(2)9-16(19)3/h4-10,18,20H,11-13H2,1-3H3. The van der Waals surface area contributed by atoms with Crippen LogP contribution < -0.4 is 4.74 Å². The van der Waals surface area contributed by atoms with Crippen molar-refractivity contribution in [3.05, 3.63) is 64.7 Å². The highest BCUT2D eigenvalue weighted by atomic mass is 32.2. The third-order valence-electron chi connectivity index (χ3n) is 3.68. The van der Waals surface area contributed by atoms with Crippen LogP contribution in [0.25, 0.3) is 0 Å². The summed E-state index contributed by atoms with van der Waals surface area (Å²) in [5, 5.41) is 10.0. The number of aliphatic hydroxyl groups excluding tert-OH is 1. The molecule has 0 bridgehead atoms. The molecule has 1 unspecified atom stereocenters. The minimum atomic E-state index is -3.40. The fourth-order valence-corrected chi connectivity index (χ4v) is 4.09. The summed E-state index contributed by atoms with van der Waals surface area (Å²) in [6, 6.07) is 13.1. The number of hydrogen-bond donors (Lipinski definition) is 1. The van der Waals surface area contributed by atoms with E-state index in [1.807, 2.05) is 57.2 Å². The van der Waals surface area contributed by atoms with E-state index in [2.05, 4.69) is 0 Å². The first-order chi connectivity index (χ1) is 11.2. The number of hydrogen-bond acceptors (Lipinski definition) is 4. The summed E-state index contributed by atoms with van der Waals surface area (Å²) in [7, 11) is -3.40. The van der Waals surface area contributed by atoms with E-state index >= 15 is 0 Å². The van der Waals surface area contributed by atoms with Gasteiger partial charge >= 0.3 is 0 Å². The molecular weight excluding hydrogens is 324 g/mol. The molecule has 0 fully saturated rings. The summed E-state index contributed by atoms with van der Waals surface area (Å²) in [6.07, 6.45) is -1.06. The predicted octanol–water partition coefficient (Wildman–Crippen LogP) is 2.97. The topological polar surface area (TPSA) is 63.6 Å². The Kier molecular flexibility index (Phi) is 6.02. The molecule has 1 N–H and O–H groups in total. The Labute approximate surface area is 144 Å². The van der Waals surface area contributed by atoms with Crippen molar-refractivity contribution in [1.29, 1.82) is 0 Å². The van der Waals surface area contributed by atoms with Crippen molar-refractivity contribution in [2.75, 3.05) is 12.4 Å². The van der Waals surface area contributed by atoms with E-state index in [1.54, 1.807) is 6.07 Å². The maximum Gasteiger partial charge on any atom is 0.157 e. The second kappa shape index (κ2) is 7.81. The highest BCUT2D eigenvalue weighted by Crippen LogP contribution is 2.19. The zero-order valence-corrected chi connectivity index (χ0v) is 15.1. The summed E-state index contributed by atoms with van der Waals surface area (Å²) in [5.74, 6) is 0.275. The van der Waals surface area contributed by atoms with E-state index in [0.717, 1.165) is 22.3 Å². The van der Waals surface area contributed by atoms with E-state index < -0.39 is 15.9 Å². The van der Waals surface area contributed by atoms with Crippen LogP contribution in [0.2, 0.25) is 0 Å². The fraction of sp³-hybridized carbons (Fsp3) is 0.368. The van der Waals surface area contributed by atoms with Gasteiger partial charge < -0.3 is 9.84 Å². The first kappa shape index (κ1) is 18.5. The van der Waals surface area contributed by atoms with Gasteiger partial charge in [0.25, 0.3) is 0 Å². The lowest BCUT2D eigenvalue weighted by molar-refractivity contribution is 0.124. The van der Waals surface area contributed by atoms with Crippen LogP contribution >= 0.6 is 0 Å². The van der Waals surface area contributed by atoms with E-state index in [0.29, 0.717) is 5.75 Å². The van der Waals surface area contributed by atoms with Gasteiger partial charge in [0.2, 0.25) is 0 Å². The van der Waals surface area contributed by atoms with Crippen LogP contribution in [0, 0.1) is 20.8 Å². The second-order valence-corrected chi connectivity index (χ2v) is 8.39. The minimum absolute atomic E-state index is 0.0447. The van der Waals surface area contributed by atoms with Gasteiger partial charge in [-0.2, -0.15) is 0 Å². The summed E-state index contributed by atoms with van der Waals surface area (Å²) < 4.78 is 30.0. The van der Waals surface area contributed by atoms with Crippen molar-refractivity contribution < 1.29 is 18.3 Å². The maximum atomic E-state index is 12.2. The van der Waals surface area contributed by atoms with Crippen LogP contribution in [0.4, 0.5) is 0 Å². The van der Waals surface area contributed by atoms with Gasteiger partial charge in [0.1, 0.15) is 18.5 Å². The van der Waals surface area contributed by atoms with Crippen molar-refractivity contribution in [3.8, 4) is 5.75 Å². The van der Waals surface area contributed by atoms with Gasteiger partial charge in [-0.25, -0.2) is 8.42 Å². The van der Waals surface area contributed by atoms with Gasteiger partial charge in [-0.1, -0.05) is 47.5 Å². The van der Waals surface area contributed by atoms with Gasteiger partial charge in [0.05, 0.1) is 11.5 Å². The molecule has 0 aromatic heterocycles. The maximum absolute atomic E-state index is 12.2. The quantitative estimate of drug-likeness (QED) is 0.835. The van der Waals surface area contributed by atoms with Gasteiger partial charge in [0, 0.05) is 0 Å². The number of benzene rings is 2.